The van der Waals surface area contributed by atoms with E-state index in [0.29, 0.717) is 75.3 Å². The lowest BCUT2D eigenvalue weighted by Gasteiger charge is -2.45. The van der Waals surface area contributed by atoms with Gasteiger partial charge in [0.25, 0.3) is 11.8 Å². The van der Waals surface area contributed by atoms with Crippen LogP contribution in [-0.2, 0) is 43.0 Å². The van der Waals surface area contributed by atoms with Gasteiger partial charge in [0, 0.05) is 39.1 Å². The molecule has 2 amide bonds. The highest BCUT2D eigenvalue weighted by molar-refractivity contribution is 6.09. The third-order valence-electron chi connectivity index (χ3n) is 13.5. The van der Waals surface area contributed by atoms with Crippen molar-refractivity contribution in [3.8, 4) is 11.5 Å². The second-order valence-electron chi connectivity index (χ2n) is 16.4. The number of hydrogen-bond donors (Lipinski definition) is 2. The highest BCUT2D eigenvalue weighted by atomic mass is 19.3. The number of methoxy groups -OCH3 is 2. The van der Waals surface area contributed by atoms with E-state index in [1.807, 2.05) is 0 Å². The van der Waals surface area contributed by atoms with Crippen LogP contribution in [0.3, 0.4) is 0 Å². The largest absolute Gasteiger partial charge is 0.461 e. The van der Waals surface area contributed by atoms with Crippen molar-refractivity contribution in [2.45, 2.75) is 120 Å². The Balaban J connectivity index is 0.000000201. The van der Waals surface area contributed by atoms with Crippen LogP contribution in [0.15, 0.2) is 46.4 Å². The summed E-state index contributed by atoms with van der Waals surface area (Å²) in [7, 11) is 6.29. The number of ether oxygens (including phenoxy) is 4. The minimum atomic E-state index is -4.65. The Morgan fingerprint density at radius 2 is 0.984 bits per heavy atom. The van der Waals surface area contributed by atoms with E-state index < -0.39 is 58.5 Å². The van der Waals surface area contributed by atoms with E-state index in [4.69, 9.17) is 20.9 Å². The number of hydrogen-bond acceptors (Lipinski definition) is 10. The lowest BCUT2D eigenvalue weighted by molar-refractivity contribution is -0.253. The number of fused-ring (bicyclic) bond motifs is 6. The molecule has 12 nitrogen and oxygen atoms in total. The van der Waals surface area contributed by atoms with Gasteiger partial charge in [-0.25, -0.2) is 9.98 Å². The summed E-state index contributed by atoms with van der Waals surface area (Å²) in [4.78, 5) is 38.5. The lowest BCUT2D eigenvalue weighted by atomic mass is 9.61. The standard InChI is InChI=1S/2C20H23F4N3O3.CH4/c2*1-27-16(28)19(26-17(27)25)14-9-13(30-20(23,24)15(21)22)4-3-11(14)10-18(19)7-5-12(29-2)6-8-18;/h2*3-4,9,12,15H,5-8,10H2,1-2H3,(H2,25,26);1H4/t2*12?,18?,19-;/m10./s1. The molecule has 2 fully saturated rings. The van der Waals surface area contributed by atoms with E-state index in [1.54, 1.807) is 26.4 Å². The fourth-order valence-corrected chi connectivity index (χ4v) is 10.3. The molecule has 2 aliphatic heterocycles. The fourth-order valence-electron chi connectivity index (χ4n) is 10.3. The summed E-state index contributed by atoms with van der Waals surface area (Å²) in [6.07, 6.45) is -10.8. The quantitative estimate of drug-likeness (QED) is 0.278. The van der Waals surface area contributed by atoms with Crippen molar-refractivity contribution in [3.63, 3.8) is 0 Å². The highest BCUT2D eigenvalue weighted by Gasteiger charge is 2.68. The molecule has 2 atom stereocenters. The summed E-state index contributed by atoms with van der Waals surface area (Å²) < 4.78 is 124. The number of aliphatic imine (C=N–C) groups is 2. The number of alkyl halides is 8. The Labute approximate surface area is 347 Å². The maximum Gasteiger partial charge on any atom is 0.461 e. The summed E-state index contributed by atoms with van der Waals surface area (Å²) in [5.41, 5.74) is 10.3. The summed E-state index contributed by atoms with van der Waals surface area (Å²) in [6, 6.07) is 8.00. The third-order valence-corrected chi connectivity index (χ3v) is 13.5. The molecule has 8 rings (SSSR count). The third kappa shape index (κ3) is 7.04. The van der Waals surface area contributed by atoms with Crippen molar-refractivity contribution in [1.82, 2.24) is 9.80 Å². The van der Waals surface area contributed by atoms with Crippen LogP contribution in [0.4, 0.5) is 35.1 Å². The SMILES string of the molecule is C.COC1CCC2(CC1)Cc1ccc(OC(F)(F)C(F)F)cc1[C@@]21N=C(N)N(C)C1=O.COC1CCC2(CC1)Cc1ccc(OC(F)(F)C(F)F)cc1[C@]21N=C(N)N(C)C1=O. The highest BCUT2D eigenvalue weighted by Crippen LogP contribution is 2.64. The molecular formula is C41H50F8N6O6. The van der Waals surface area contributed by atoms with Gasteiger partial charge in [0.05, 0.1) is 12.2 Å². The first-order valence-electron chi connectivity index (χ1n) is 19.4. The van der Waals surface area contributed by atoms with Gasteiger partial charge >= 0.3 is 25.1 Å². The van der Waals surface area contributed by atoms with Gasteiger partial charge in [-0.1, -0.05) is 19.6 Å². The molecule has 4 spiro atoms. The van der Waals surface area contributed by atoms with Gasteiger partial charge in [0.2, 0.25) is 0 Å². The second-order valence-corrected chi connectivity index (χ2v) is 16.4. The number of carbonyl (C=O) groups is 2. The van der Waals surface area contributed by atoms with Crippen LogP contribution in [-0.4, -0.2) is 99.1 Å². The van der Waals surface area contributed by atoms with Gasteiger partial charge < -0.3 is 30.4 Å². The fraction of sp³-hybridized carbons (Fsp3) is 0.610. The average Bonchev–Trinajstić information content (AvgIpc) is 3.80. The first kappa shape index (κ1) is 45.8. The van der Waals surface area contributed by atoms with E-state index in [1.165, 1.54) is 48.2 Å². The minimum Gasteiger partial charge on any atom is -0.428 e. The first-order valence-corrected chi connectivity index (χ1v) is 19.4. The predicted molar refractivity (Wildman–Crippen MR) is 206 cm³/mol. The van der Waals surface area contributed by atoms with Gasteiger partial charge in [0.1, 0.15) is 11.5 Å². The summed E-state index contributed by atoms with van der Waals surface area (Å²) in [6.45, 7) is 0. The molecular weight excluding hydrogens is 824 g/mol. The molecule has 61 heavy (non-hydrogen) atoms. The van der Waals surface area contributed by atoms with E-state index in [0.717, 1.165) is 11.1 Å². The number of carbonyl (C=O) groups excluding carboxylic acids is 2. The lowest BCUT2D eigenvalue weighted by Crippen LogP contribution is -2.51. The molecule has 20 heteroatoms. The second kappa shape index (κ2) is 15.9. The van der Waals surface area contributed by atoms with E-state index >= 15 is 0 Å². The Bertz CT molecular complexity index is 1940. The summed E-state index contributed by atoms with van der Waals surface area (Å²) in [5, 5.41) is 0. The summed E-state index contributed by atoms with van der Waals surface area (Å²) >= 11 is 0. The van der Waals surface area contributed by atoms with Gasteiger partial charge in [-0.2, -0.15) is 35.1 Å². The van der Waals surface area contributed by atoms with Crippen molar-refractivity contribution in [1.29, 1.82) is 0 Å². The molecule has 2 saturated carbocycles. The minimum absolute atomic E-state index is 0. The molecule has 2 aromatic rings. The molecule has 2 heterocycles. The number of amides is 2. The van der Waals surface area contributed by atoms with Gasteiger partial charge in [-0.3, -0.25) is 19.4 Å². The molecule has 0 bridgehead atoms. The topological polar surface area (TPSA) is 154 Å². The molecule has 0 saturated heterocycles. The molecule has 4 N–H and O–H groups in total. The van der Waals surface area contributed by atoms with Crippen molar-refractivity contribution in [2.24, 2.45) is 32.3 Å². The van der Waals surface area contributed by atoms with Crippen LogP contribution in [0.1, 0.15) is 81.0 Å². The molecule has 2 aromatic carbocycles. The molecule has 0 radical (unpaired) electrons. The van der Waals surface area contributed by atoms with Crippen molar-refractivity contribution in [2.75, 3.05) is 28.3 Å². The normalized spacial score (nSPS) is 30.5. The first-order chi connectivity index (χ1) is 28.1. The van der Waals surface area contributed by atoms with E-state index in [9.17, 15) is 44.7 Å². The number of halogens is 8. The van der Waals surface area contributed by atoms with Crippen LogP contribution in [0.2, 0.25) is 0 Å². The Kier molecular flexibility index (Phi) is 11.9. The van der Waals surface area contributed by atoms with Crippen LogP contribution >= 0.6 is 0 Å². The van der Waals surface area contributed by atoms with E-state index in [-0.39, 0.29) is 43.4 Å². The zero-order chi connectivity index (χ0) is 43.8. The number of nitrogens with two attached hydrogens (primary N) is 2. The number of rotatable bonds is 8. The van der Waals surface area contributed by atoms with Crippen LogP contribution in [0, 0.1) is 10.8 Å². The van der Waals surface area contributed by atoms with Crippen LogP contribution in [0.25, 0.3) is 0 Å². The van der Waals surface area contributed by atoms with Crippen molar-refractivity contribution >= 4 is 23.7 Å². The molecule has 336 valence electrons. The van der Waals surface area contributed by atoms with Gasteiger partial charge in [-0.05, 0) is 111 Å². The van der Waals surface area contributed by atoms with Gasteiger partial charge in [-0.15, -0.1) is 0 Å². The number of benzene rings is 2. The zero-order valence-corrected chi connectivity index (χ0v) is 33.3. The maximum absolute atomic E-state index is 13.5. The Morgan fingerprint density at radius 3 is 1.25 bits per heavy atom. The number of nitrogens with zero attached hydrogens (tertiary/aromatic N) is 4. The zero-order valence-electron chi connectivity index (χ0n) is 33.3. The predicted octanol–water partition coefficient (Wildman–Crippen LogP) is 6.71. The molecule has 0 aromatic heterocycles. The van der Waals surface area contributed by atoms with Crippen molar-refractivity contribution < 1.29 is 63.7 Å². The maximum atomic E-state index is 13.5. The summed E-state index contributed by atoms with van der Waals surface area (Å²) in [5.74, 6) is -1.54. The molecule has 0 unspecified atom stereocenters. The number of likely N-dealkylation sites (N-methyl/N-ethyl adjacent to an activating group) is 2. The smallest absolute Gasteiger partial charge is 0.428 e. The number of guanidine groups is 2. The van der Waals surface area contributed by atoms with Gasteiger partial charge in [0.15, 0.2) is 23.0 Å². The van der Waals surface area contributed by atoms with E-state index in [2.05, 4.69) is 19.5 Å². The molecule has 6 aliphatic rings. The van der Waals surface area contributed by atoms with Crippen molar-refractivity contribution in [3.05, 3.63) is 58.7 Å². The Hall–Kier alpha value is -4.72. The monoisotopic (exact) mass is 874 g/mol. The Morgan fingerprint density at radius 1 is 0.656 bits per heavy atom. The molecule has 4 aliphatic carbocycles. The van der Waals surface area contributed by atoms with Crippen LogP contribution < -0.4 is 20.9 Å². The van der Waals surface area contributed by atoms with Crippen LogP contribution in [0.5, 0.6) is 11.5 Å². The average molecular weight is 875 g/mol.